The molecule has 4 N–H and O–H groups in total. The van der Waals surface area contributed by atoms with Gasteiger partial charge in [0.15, 0.2) is 0 Å². The Morgan fingerprint density at radius 1 is 1.08 bits per heavy atom. The second kappa shape index (κ2) is 11.5. The van der Waals surface area contributed by atoms with Crippen LogP contribution in [0, 0.1) is 6.92 Å². The number of benzene rings is 2. The van der Waals surface area contributed by atoms with E-state index < -0.39 is 17.6 Å². The molecule has 1 atom stereocenters. The first-order chi connectivity index (χ1) is 16.9. The van der Waals surface area contributed by atoms with Crippen LogP contribution in [0.15, 0.2) is 59.6 Å². The molecule has 0 aliphatic rings. The number of allylic oxidation sites excluding steroid dienone is 1. The number of aromatic amines is 1. The number of amides is 1. The van der Waals surface area contributed by atoms with Crippen LogP contribution in [0.5, 0.6) is 11.5 Å². The quantitative estimate of drug-likeness (QED) is 0.276. The summed E-state index contributed by atoms with van der Waals surface area (Å²) in [7, 11) is 0. The molecule has 0 saturated carbocycles. The Bertz CT molecular complexity index is 1240. The molecule has 0 radical (unpaired) electrons. The van der Waals surface area contributed by atoms with Crippen LogP contribution in [0.2, 0.25) is 0 Å². The molecule has 0 fully saturated rings. The minimum atomic E-state index is -1.15. The maximum atomic E-state index is 13.4. The van der Waals surface area contributed by atoms with E-state index >= 15 is 0 Å². The summed E-state index contributed by atoms with van der Waals surface area (Å²) in [6.45, 7) is 9.44. The highest BCUT2D eigenvalue weighted by Gasteiger charge is 2.31. The van der Waals surface area contributed by atoms with E-state index in [-0.39, 0.29) is 11.6 Å². The summed E-state index contributed by atoms with van der Waals surface area (Å²) >= 11 is 6.05. The number of carboxylic acids is 1. The maximum absolute atomic E-state index is 13.4. The van der Waals surface area contributed by atoms with Gasteiger partial charge in [-0.1, -0.05) is 41.9 Å². The lowest BCUT2D eigenvalue weighted by molar-refractivity contribution is -0.124. The molecule has 1 aromatic heterocycles. The van der Waals surface area contributed by atoms with Crippen LogP contribution < -0.4 is 15.4 Å². The van der Waals surface area contributed by atoms with E-state index in [1.807, 2.05) is 75.4 Å². The first-order valence-electron chi connectivity index (χ1n) is 11.6. The molecule has 36 heavy (non-hydrogen) atoms. The Balaban J connectivity index is 1.89. The van der Waals surface area contributed by atoms with Crippen molar-refractivity contribution in [2.45, 2.75) is 52.7 Å². The number of aromatic nitrogens is 1. The number of rotatable bonds is 9. The number of hydrogen-bond acceptors (Lipinski definition) is 4. The van der Waals surface area contributed by atoms with E-state index in [2.05, 4.69) is 15.6 Å². The SMILES string of the molecule is CC(Cl)=Cc1[nH]c(C(=O)O)c(C(NCc2ccc(Oc3ccccc3)cc2)C(=O)NC(C)(C)C)c1C. The van der Waals surface area contributed by atoms with Crippen LogP contribution in [0.25, 0.3) is 6.08 Å². The average Bonchev–Trinajstić information content (AvgIpc) is 3.10. The Kier molecular flexibility index (Phi) is 8.61. The molecule has 3 rings (SSSR count). The lowest BCUT2D eigenvalue weighted by Gasteiger charge is -2.26. The predicted octanol–water partition coefficient (Wildman–Crippen LogP) is 6.16. The van der Waals surface area contributed by atoms with Crippen LogP contribution in [-0.4, -0.2) is 27.5 Å². The monoisotopic (exact) mass is 509 g/mol. The molecule has 0 aliphatic heterocycles. The molecular formula is C28H32ClN3O4. The topological polar surface area (TPSA) is 103 Å². The standard InChI is InChI=1S/C28H32ClN3O4/c1-17(29)15-22-18(2)23(25(31-22)27(34)35)24(26(33)32-28(3,4)5)30-16-19-11-13-21(14-12-19)36-20-9-7-6-8-10-20/h6-15,24,30-31H,16H2,1-5H3,(H,32,33)(H,34,35). The van der Waals surface area contributed by atoms with E-state index in [1.54, 1.807) is 19.9 Å². The number of carbonyl (C=O) groups excluding carboxylic acids is 1. The van der Waals surface area contributed by atoms with Gasteiger partial charge in [-0.25, -0.2) is 4.79 Å². The number of para-hydroxylation sites is 1. The number of nitrogens with one attached hydrogen (secondary N) is 3. The van der Waals surface area contributed by atoms with Gasteiger partial charge in [-0.3, -0.25) is 10.1 Å². The van der Waals surface area contributed by atoms with Gasteiger partial charge < -0.3 is 20.1 Å². The van der Waals surface area contributed by atoms with Gasteiger partial charge in [0.05, 0.1) is 0 Å². The average molecular weight is 510 g/mol. The van der Waals surface area contributed by atoms with Crippen molar-refractivity contribution in [1.82, 2.24) is 15.6 Å². The predicted molar refractivity (Wildman–Crippen MR) is 142 cm³/mol. The molecule has 1 unspecified atom stereocenters. The summed E-state index contributed by atoms with van der Waals surface area (Å²) in [4.78, 5) is 28.4. The van der Waals surface area contributed by atoms with Crippen molar-refractivity contribution in [3.63, 3.8) is 0 Å². The van der Waals surface area contributed by atoms with Crippen LogP contribution in [0.4, 0.5) is 0 Å². The third-order valence-electron chi connectivity index (χ3n) is 5.36. The molecule has 0 saturated heterocycles. The Labute approximate surface area is 216 Å². The summed E-state index contributed by atoms with van der Waals surface area (Å²) in [5, 5.41) is 16.6. The molecule has 0 aliphatic carbocycles. The second-order valence-electron chi connectivity index (χ2n) is 9.60. The fourth-order valence-corrected chi connectivity index (χ4v) is 3.90. The normalized spacial score (nSPS) is 12.8. The molecular weight excluding hydrogens is 478 g/mol. The third-order valence-corrected chi connectivity index (χ3v) is 5.46. The highest BCUT2D eigenvalue weighted by atomic mass is 35.5. The van der Waals surface area contributed by atoms with Gasteiger partial charge in [0.1, 0.15) is 23.2 Å². The van der Waals surface area contributed by atoms with Crippen LogP contribution >= 0.6 is 11.6 Å². The smallest absolute Gasteiger partial charge is 0.352 e. The summed E-state index contributed by atoms with van der Waals surface area (Å²) in [6.07, 6.45) is 1.65. The van der Waals surface area contributed by atoms with E-state index in [4.69, 9.17) is 16.3 Å². The lowest BCUT2D eigenvalue weighted by atomic mass is 9.98. The van der Waals surface area contributed by atoms with E-state index in [1.165, 1.54) is 0 Å². The van der Waals surface area contributed by atoms with Gasteiger partial charge in [0, 0.05) is 28.4 Å². The van der Waals surface area contributed by atoms with Gasteiger partial charge >= 0.3 is 5.97 Å². The number of halogens is 1. The van der Waals surface area contributed by atoms with Crippen molar-refractivity contribution >= 4 is 29.6 Å². The third kappa shape index (κ3) is 7.23. The minimum Gasteiger partial charge on any atom is -0.477 e. The fraction of sp³-hybridized carbons (Fsp3) is 0.286. The zero-order valence-corrected chi connectivity index (χ0v) is 21.9. The number of carboxylic acid groups (broad SMARTS) is 1. The van der Waals surface area contributed by atoms with Gasteiger partial charge in [0.2, 0.25) is 5.91 Å². The van der Waals surface area contributed by atoms with Crippen molar-refractivity contribution < 1.29 is 19.4 Å². The van der Waals surface area contributed by atoms with E-state index in [0.717, 1.165) is 11.3 Å². The van der Waals surface area contributed by atoms with Gasteiger partial charge in [-0.2, -0.15) is 0 Å². The number of hydrogen-bond donors (Lipinski definition) is 4. The largest absolute Gasteiger partial charge is 0.477 e. The highest BCUT2D eigenvalue weighted by molar-refractivity contribution is 6.31. The Hall–Kier alpha value is -3.55. The molecule has 1 heterocycles. The van der Waals surface area contributed by atoms with Crippen LogP contribution in [0.1, 0.15) is 66.6 Å². The zero-order chi connectivity index (χ0) is 26.5. The maximum Gasteiger partial charge on any atom is 0.352 e. The highest BCUT2D eigenvalue weighted by Crippen LogP contribution is 2.29. The fourth-order valence-electron chi connectivity index (χ4n) is 3.79. The minimum absolute atomic E-state index is 0.0511. The zero-order valence-electron chi connectivity index (χ0n) is 21.1. The molecule has 1 amide bonds. The number of aromatic carboxylic acids is 1. The summed E-state index contributed by atoms with van der Waals surface area (Å²) in [5.41, 5.74) is 1.91. The van der Waals surface area contributed by atoms with Crippen LogP contribution in [-0.2, 0) is 11.3 Å². The van der Waals surface area contributed by atoms with E-state index in [0.29, 0.717) is 34.1 Å². The molecule has 0 bridgehead atoms. The summed E-state index contributed by atoms with van der Waals surface area (Å²) in [6, 6.07) is 16.1. The summed E-state index contributed by atoms with van der Waals surface area (Å²) in [5.74, 6) is -0.0510. The van der Waals surface area contributed by atoms with Crippen molar-refractivity contribution in [2.75, 3.05) is 0 Å². The molecule has 190 valence electrons. The second-order valence-corrected chi connectivity index (χ2v) is 10.2. The van der Waals surface area contributed by atoms with E-state index in [9.17, 15) is 14.7 Å². The van der Waals surface area contributed by atoms with Gasteiger partial charge in [-0.15, -0.1) is 0 Å². The molecule has 3 aromatic rings. The first kappa shape index (κ1) is 27.0. The molecule has 2 aromatic carbocycles. The Morgan fingerprint density at radius 2 is 1.69 bits per heavy atom. The Morgan fingerprint density at radius 3 is 2.25 bits per heavy atom. The summed E-state index contributed by atoms with van der Waals surface area (Å²) < 4.78 is 5.84. The van der Waals surface area contributed by atoms with Crippen molar-refractivity contribution in [3.8, 4) is 11.5 Å². The lowest BCUT2D eigenvalue weighted by Crippen LogP contribution is -2.46. The van der Waals surface area contributed by atoms with Crippen molar-refractivity contribution in [3.05, 3.63) is 87.7 Å². The van der Waals surface area contributed by atoms with Crippen LogP contribution in [0.3, 0.4) is 0 Å². The molecule has 0 spiro atoms. The van der Waals surface area contributed by atoms with Gasteiger partial charge in [-0.05, 0) is 76.1 Å². The van der Waals surface area contributed by atoms with Gasteiger partial charge in [0.25, 0.3) is 0 Å². The molecule has 7 nitrogen and oxygen atoms in total. The number of H-pyrrole nitrogens is 1. The van der Waals surface area contributed by atoms with Crippen molar-refractivity contribution in [1.29, 1.82) is 0 Å². The molecule has 8 heteroatoms. The van der Waals surface area contributed by atoms with Crippen molar-refractivity contribution in [2.24, 2.45) is 0 Å². The first-order valence-corrected chi connectivity index (χ1v) is 12.0. The number of ether oxygens (including phenoxy) is 1. The number of carbonyl (C=O) groups is 2.